The van der Waals surface area contributed by atoms with Crippen LogP contribution in [0, 0.1) is 11.3 Å². The number of nitrogens with zero attached hydrogens (tertiary/aromatic N) is 5. The van der Waals surface area contributed by atoms with Crippen LogP contribution in [0.3, 0.4) is 0 Å². The van der Waals surface area contributed by atoms with Crippen LogP contribution in [0.15, 0.2) is 17.2 Å². The number of azide groups is 1. The predicted octanol–water partition coefficient (Wildman–Crippen LogP) is 5.20. The van der Waals surface area contributed by atoms with Gasteiger partial charge >= 0.3 is 0 Å². The van der Waals surface area contributed by atoms with Crippen LogP contribution in [0.5, 0.6) is 0 Å². The molecule has 8 nitrogen and oxygen atoms in total. The van der Waals surface area contributed by atoms with Gasteiger partial charge in [0.25, 0.3) is 0 Å². The van der Waals surface area contributed by atoms with Gasteiger partial charge in [0.1, 0.15) is 23.4 Å². The molecule has 0 aliphatic carbocycles. The van der Waals surface area contributed by atoms with E-state index in [0.29, 0.717) is 20.9 Å². The molecule has 28 heavy (non-hydrogen) atoms. The van der Waals surface area contributed by atoms with Gasteiger partial charge in [0.2, 0.25) is 0 Å². The molecule has 11 heteroatoms. The van der Waals surface area contributed by atoms with Crippen LogP contribution in [0.25, 0.3) is 21.3 Å². The van der Waals surface area contributed by atoms with Crippen LogP contribution in [-0.2, 0) is 14.2 Å². The lowest BCUT2D eigenvalue weighted by atomic mass is 10.1. The number of rotatable bonds is 3. The summed E-state index contributed by atoms with van der Waals surface area (Å²) in [4.78, 5) is 2.79. The van der Waals surface area contributed by atoms with Crippen LogP contribution in [0.2, 0.25) is 15.2 Å². The summed E-state index contributed by atoms with van der Waals surface area (Å²) < 4.78 is 19.8. The molecule has 2 aliphatic heterocycles. The van der Waals surface area contributed by atoms with Crippen LogP contribution in [0.4, 0.5) is 0 Å². The zero-order chi connectivity index (χ0) is 20.2. The summed E-state index contributed by atoms with van der Waals surface area (Å²) in [6.07, 6.45) is -2.23. The molecule has 0 N–H and O–H groups in total. The Morgan fingerprint density at radius 1 is 1.25 bits per heavy atom. The van der Waals surface area contributed by atoms with Crippen molar-refractivity contribution in [1.29, 1.82) is 5.26 Å². The molecule has 2 aliphatic rings. The minimum atomic E-state index is -0.847. The molecule has 0 saturated carbocycles. The Hall–Kier alpha value is -1.69. The number of halogens is 3. The van der Waals surface area contributed by atoms with Crippen molar-refractivity contribution < 1.29 is 14.2 Å². The molecule has 1 aromatic heterocycles. The molecule has 2 fully saturated rings. The standard InChI is InChI=1S/C17H14Cl3N5O3/c1-17(2)27-13-12(6-23-24-22)26-16(14(13)28-17)25-11-4-10(19)9(18)3-7(11)8(5-21)15(25)20/h3-4,12-14,16H,6H2,1-2H3/t12-,13-,14-,16-/m1/s1. The Labute approximate surface area is 175 Å². The lowest BCUT2D eigenvalue weighted by molar-refractivity contribution is -0.194. The van der Waals surface area contributed by atoms with E-state index in [0.717, 1.165) is 0 Å². The third kappa shape index (κ3) is 3.00. The maximum atomic E-state index is 9.60. The number of hydrogen-bond donors (Lipinski definition) is 0. The fourth-order valence-corrected chi connectivity index (χ4v) is 4.41. The van der Waals surface area contributed by atoms with Gasteiger partial charge < -0.3 is 18.8 Å². The predicted molar refractivity (Wildman–Crippen MR) is 103 cm³/mol. The van der Waals surface area contributed by atoms with Crippen molar-refractivity contribution in [3.05, 3.63) is 43.3 Å². The summed E-state index contributed by atoms with van der Waals surface area (Å²) in [5.74, 6) is -0.847. The van der Waals surface area contributed by atoms with E-state index in [1.54, 1.807) is 30.5 Å². The smallest absolute Gasteiger partial charge is 0.164 e. The third-order valence-electron chi connectivity index (χ3n) is 4.80. The molecule has 0 bridgehead atoms. The van der Waals surface area contributed by atoms with Gasteiger partial charge in [0.05, 0.1) is 33.8 Å². The highest BCUT2D eigenvalue weighted by molar-refractivity contribution is 6.43. The van der Waals surface area contributed by atoms with Gasteiger partial charge in [-0.25, -0.2) is 0 Å². The zero-order valence-electron chi connectivity index (χ0n) is 14.8. The van der Waals surface area contributed by atoms with E-state index in [2.05, 4.69) is 16.1 Å². The highest BCUT2D eigenvalue weighted by Crippen LogP contribution is 2.47. The topological polar surface area (TPSA) is 105 Å². The average molecular weight is 443 g/mol. The number of fused-ring (bicyclic) bond motifs is 2. The maximum Gasteiger partial charge on any atom is 0.164 e. The highest BCUT2D eigenvalue weighted by Gasteiger charge is 2.56. The van der Waals surface area contributed by atoms with Crippen LogP contribution < -0.4 is 0 Å². The van der Waals surface area contributed by atoms with Crippen molar-refractivity contribution >= 4 is 45.7 Å². The van der Waals surface area contributed by atoms with E-state index in [1.165, 1.54) is 0 Å². The van der Waals surface area contributed by atoms with E-state index in [1.807, 2.05) is 0 Å². The first-order valence-corrected chi connectivity index (χ1v) is 9.51. The van der Waals surface area contributed by atoms with E-state index in [-0.39, 0.29) is 17.3 Å². The molecule has 4 rings (SSSR count). The van der Waals surface area contributed by atoms with Crippen molar-refractivity contribution in [3.63, 3.8) is 0 Å². The number of benzene rings is 1. The lowest BCUT2D eigenvalue weighted by Gasteiger charge is -2.25. The molecule has 146 valence electrons. The van der Waals surface area contributed by atoms with E-state index < -0.39 is 30.3 Å². The Morgan fingerprint density at radius 2 is 1.93 bits per heavy atom. The van der Waals surface area contributed by atoms with Gasteiger partial charge in [0.15, 0.2) is 12.0 Å². The van der Waals surface area contributed by atoms with Crippen molar-refractivity contribution in [1.82, 2.24) is 4.57 Å². The largest absolute Gasteiger partial charge is 0.349 e. The third-order valence-corrected chi connectivity index (χ3v) is 5.89. The van der Waals surface area contributed by atoms with Crippen LogP contribution in [0.1, 0.15) is 25.6 Å². The number of nitriles is 1. The summed E-state index contributed by atoms with van der Waals surface area (Å²) in [5.41, 5.74) is 9.51. The van der Waals surface area contributed by atoms with Gasteiger partial charge in [-0.05, 0) is 31.5 Å². The highest BCUT2D eigenvalue weighted by atomic mass is 35.5. The molecule has 4 atom stereocenters. The molecule has 2 saturated heterocycles. The van der Waals surface area contributed by atoms with Gasteiger partial charge in [-0.1, -0.05) is 39.9 Å². The Kier molecular flexibility index (Phi) is 4.89. The fourth-order valence-electron chi connectivity index (χ4n) is 3.76. The first-order chi connectivity index (χ1) is 13.3. The summed E-state index contributed by atoms with van der Waals surface area (Å²) in [5, 5.41) is 14.6. The molecular weight excluding hydrogens is 429 g/mol. The average Bonchev–Trinajstić information content (AvgIpc) is 3.20. The Balaban J connectivity index is 1.87. The summed E-state index contributed by atoms with van der Waals surface area (Å²) in [6.45, 7) is 3.65. The second kappa shape index (κ2) is 6.97. The second-order valence-electron chi connectivity index (χ2n) is 6.97. The molecule has 1 aromatic carbocycles. The normalized spacial score (nSPS) is 28.1. The zero-order valence-corrected chi connectivity index (χ0v) is 17.0. The first-order valence-electron chi connectivity index (χ1n) is 8.38. The van der Waals surface area contributed by atoms with Gasteiger partial charge in [0, 0.05) is 10.3 Å². The quantitative estimate of drug-likeness (QED) is 0.370. The molecular formula is C17H14Cl3N5O3. The summed E-state index contributed by atoms with van der Waals surface area (Å²) in [6, 6.07) is 5.33. The maximum absolute atomic E-state index is 9.60. The minimum absolute atomic E-state index is 0.0715. The fraction of sp³-hybridized carbons (Fsp3) is 0.471. The monoisotopic (exact) mass is 441 g/mol. The number of aromatic nitrogens is 1. The van der Waals surface area contributed by atoms with E-state index in [4.69, 9.17) is 54.5 Å². The summed E-state index contributed by atoms with van der Waals surface area (Å²) >= 11 is 18.9. The number of hydrogen-bond acceptors (Lipinski definition) is 5. The molecule has 3 heterocycles. The molecule has 0 amide bonds. The van der Waals surface area contributed by atoms with Crippen molar-refractivity contribution in [3.8, 4) is 6.07 Å². The molecule has 0 radical (unpaired) electrons. The number of ether oxygens (including phenoxy) is 3. The van der Waals surface area contributed by atoms with Crippen molar-refractivity contribution in [2.24, 2.45) is 5.11 Å². The van der Waals surface area contributed by atoms with Gasteiger partial charge in [-0.15, -0.1) is 0 Å². The Bertz CT molecular complexity index is 1060. The van der Waals surface area contributed by atoms with Crippen molar-refractivity contribution in [2.45, 2.75) is 44.2 Å². The first kappa shape index (κ1) is 19.6. The SMILES string of the molecule is CC1(C)O[C@@H]2[C@H](O1)[C@@H](CN=[N+]=[N-])O[C@H]2n1c(Cl)c(C#N)c2cc(Cl)c(Cl)cc21. The lowest BCUT2D eigenvalue weighted by Crippen LogP contribution is -2.31. The molecule has 2 aromatic rings. The minimum Gasteiger partial charge on any atom is -0.349 e. The van der Waals surface area contributed by atoms with E-state index in [9.17, 15) is 5.26 Å². The second-order valence-corrected chi connectivity index (χ2v) is 8.15. The molecule has 0 spiro atoms. The Morgan fingerprint density at radius 3 is 2.61 bits per heavy atom. The summed E-state index contributed by atoms with van der Waals surface area (Å²) in [7, 11) is 0. The van der Waals surface area contributed by atoms with Gasteiger partial charge in [-0.3, -0.25) is 0 Å². The van der Waals surface area contributed by atoms with Crippen LogP contribution in [-0.4, -0.2) is 35.2 Å². The van der Waals surface area contributed by atoms with Crippen molar-refractivity contribution in [2.75, 3.05) is 6.54 Å². The van der Waals surface area contributed by atoms with E-state index >= 15 is 0 Å². The molecule has 0 unspecified atom stereocenters. The van der Waals surface area contributed by atoms with Crippen LogP contribution >= 0.6 is 34.8 Å². The van der Waals surface area contributed by atoms with Gasteiger partial charge in [-0.2, -0.15) is 5.26 Å².